The molecule has 2 N–H and O–H groups in total. The Morgan fingerprint density at radius 3 is 2.65 bits per heavy atom. The molecule has 1 fully saturated rings. The Morgan fingerprint density at radius 1 is 1.41 bits per heavy atom. The molecule has 17 heavy (non-hydrogen) atoms. The van der Waals surface area contributed by atoms with E-state index in [-0.39, 0.29) is 10.6 Å². The molecular formula is C12H13BrClNO2. The zero-order valence-corrected chi connectivity index (χ0v) is 11.5. The van der Waals surface area contributed by atoms with Crippen LogP contribution in [0.1, 0.15) is 36.0 Å². The number of carboxylic acid groups (broad SMARTS) is 1. The van der Waals surface area contributed by atoms with Gasteiger partial charge in [0.1, 0.15) is 0 Å². The first kappa shape index (κ1) is 12.7. The maximum atomic E-state index is 11.0. The number of hydrogen-bond donors (Lipinski definition) is 2. The Hall–Kier alpha value is -0.740. The molecule has 0 aromatic heterocycles. The normalized spacial score (nSPS) is 16.1. The van der Waals surface area contributed by atoms with Crippen molar-refractivity contribution >= 4 is 39.2 Å². The van der Waals surface area contributed by atoms with E-state index in [9.17, 15) is 4.79 Å². The van der Waals surface area contributed by atoms with Crippen LogP contribution in [0.25, 0.3) is 0 Å². The highest BCUT2D eigenvalue weighted by Crippen LogP contribution is 2.32. The van der Waals surface area contributed by atoms with E-state index in [2.05, 4.69) is 21.2 Å². The third-order valence-corrected chi connectivity index (χ3v) is 3.85. The molecule has 0 heterocycles. The number of benzene rings is 1. The van der Waals surface area contributed by atoms with Crippen LogP contribution in [0.4, 0.5) is 5.69 Å². The van der Waals surface area contributed by atoms with Crippen LogP contribution in [0.3, 0.4) is 0 Å². The predicted octanol–water partition coefficient (Wildman–Crippen LogP) is 4.16. The summed E-state index contributed by atoms with van der Waals surface area (Å²) in [6.07, 6.45) is 4.67. The summed E-state index contributed by atoms with van der Waals surface area (Å²) in [5.41, 5.74) is 0.826. The van der Waals surface area contributed by atoms with Gasteiger partial charge in [-0.25, -0.2) is 4.79 Å². The molecule has 3 nitrogen and oxygen atoms in total. The first-order chi connectivity index (χ1) is 8.08. The quantitative estimate of drug-likeness (QED) is 0.880. The summed E-state index contributed by atoms with van der Waals surface area (Å²) in [5, 5.41) is 12.6. The van der Waals surface area contributed by atoms with E-state index in [4.69, 9.17) is 16.7 Å². The van der Waals surface area contributed by atoms with Crippen LogP contribution in [0.15, 0.2) is 16.6 Å². The summed E-state index contributed by atoms with van der Waals surface area (Å²) < 4.78 is 0.722. The lowest BCUT2D eigenvalue weighted by Crippen LogP contribution is -2.15. The fourth-order valence-corrected chi connectivity index (χ4v) is 2.84. The number of hydrogen-bond acceptors (Lipinski definition) is 2. The van der Waals surface area contributed by atoms with Crippen LogP contribution < -0.4 is 5.32 Å². The smallest absolute Gasteiger partial charge is 0.337 e. The standard InChI is InChI=1S/C12H13BrClNO2/c13-7-5-9(12(16)17)11(14)10(6-7)15-8-3-1-2-4-8/h5-6,8,15H,1-4H2,(H,16,17). The van der Waals surface area contributed by atoms with Gasteiger partial charge >= 0.3 is 5.97 Å². The Bertz CT molecular complexity index is 444. The van der Waals surface area contributed by atoms with Gasteiger partial charge in [-0.1, -0.05) is 40.4 Å². The maximum absolute atomic E-state index is 11.0. The molecule has 1 aliphatic carbocycles. The van der Waals surface area contributed by atoms with Gasteiger partial charge in [-0.3, -0.25) is 0 Å². The van der Waals surface area contributed by atoms with Crippen LogP contribution in [0.5, 0.6) is 0 Å². The molecule has 0 bridgehead atoms. The predicted molar refractivity (Wildman–Crippen MR) is 72.0 cm³/mol. The second-order valence-corrected chi connectivity index (χ2v) is 5.54. The van der Waals surface area contributed by atoms with Crippen molar-refractivity contribution in [3.05, 3.63) is 27.2 Å². The number of nitrogens with one attached hydrogen (secondary N) is 1. The van der Waals surface area contributed by atoms with Gasteiger partial charge in [-0.05, 0) is 25.0 Å². The van der Waals surface area contributed by atoms with E-state index in [1.807, 2.05) is 6.07 Å². The fraction of sp³-hybridized carbons (Fsp3) is 0.417. The lowest BCUT2D eigenvalue weighted by molar-refractivity contribution is 0.0697. The van der Waals surface area contributed by atoms with E-state index in [0.29, 0.717) is 11.7 Å². The van der Waals surface area contributed by atoms with Crippen LogP contribution in [-0.2, 0) is 0 Å². The minimum absolute atomic E-state index is 0.126. The average Bonchev–Trinajstić information content (AvgIpc) is 2.75. The number of rotatable bonds is 3. The van der Waals surface area contributed by atoms with E-state index in [1.54, 1.807) is 0 Å². The molecule has 1 saturated carbocycles. The zero-order valence-electron chi connectivity index (χ0n) is 9.17. The summed E-state index contributed by atoms with van der Waals surface area (Å²) in [6.45, 7) is 0. The van der Waals surface area contributed by atoms with Crippen molar-refractivity contribution in [3.8, 4) is 0 Å². The second kappa shape index (κ2) is 5.27. The highest BCUT2D eigenvalue weighted by molar-refractivity contribution is 9.10. The van der Waals surface area contributed by atoms with Crippen molar-refractivity contribution in [2.45, 2.75) is 31.7 Å². The molecule has 92 valence electrons. The van der Waals surface area contributed by atoms with Gasteiger partial charge in [0.05, 0.1) is 16.3 Å². The van der Waals surface area contributed by atoms with Crippen molar-refractivity contribution in [1.82, 2.24) is 0 Å². The Labute approximate surface area is 113 Å². The molecule has 0 unspecified atom stereocenters. The van der Waals surface area contributed by atoms with E-state index in [0.717, 1.165) is 17.3 Å². The van der Waals surface area contributed by atoms with Crippen molar-refractivity contribution in [2.75, 3.05) is 5.32 Å². The van der Waals surface area contributed by atoms with Crippen molar-refractivity contribution < 1.29 is 9.90 Å². The molecule has 0 saturated heterocycles. The van der Waals surface area contributed by atoms with Gasteiger partial charge in [0.25, 0.3) is 0 Å². The van der Waals surface area contributed by atoms with Crippen LogP contribution in [0.2, 0.25) is 5.02 Å². The highest BCUT2D eigenvalue weighted by atomic mass is 79.9. The number of carbonyl (C=O) groups is 1. The zero-order chi connectivity index (χ0) is 12.4. The third kappa shape index (κ3) is 2.93. The lowest BCUT2D eigenvalue weighted by atomic mass is 10.1. The van der Waals surface area contributed by atoms with Gasteiger partial charge in [0.2, 0.25) is 0 Å². The molecule has 1 aromatic carbocycles. The van der Waals surface area contributed by atoms with Crippen LogP contribution in [-0.4, -0.2) is 17.1 Å². The molecule has 2 rings (SSSR count). The van der Waals surface area contributed by atoms with Gasteiger partial charge in [-0.2, -0.15) is 0 Å². The van der Waals surface area contributed by atoms with Crippen molar-refractivity contribution in [2.24, 2.45) is 0 Å². The first-order valence-electron chi connectivity index (χ1n) is 5.57. The molecule has 0 aliphatic heterocycles. The van der Waals surface area contributed by atoms with Gasteiger partial charge < -0.3 is 10.4 Å². The molecule has 5 heteroatoms. The number of aromatic carboxylic acids is 1. The lowest BCUT2D eigenvalue weighted by Gasteiger charge is -2.16. The van der Waals surface area contributed by atoms with Gasteiger partial charge in [-0.15, -0.1) is 0 Å². The average molecular weight is 319 g/mol. The van der Waals surface area contributed by atoms with Crippen molar-refractivity contribution in [3.63, 3.8) is 0 Å². The van der Waals surface area contributed by atoms with E-state index >= 15 is 0 Å². The van der Waals surface area contributed by atoms with E-state index in [1.165, 1.54) is 18.9 Å². The monoisotopic (exact) mass is 317 g/mol. The van der Waals surface area contributed by atoms with Crippen LogP contribution >= 0.6 is 27.5 Å². The third-order valence-electron chi connectivity index (χ3n) is 2.98. The molecular weight excluding hydrogens is 305 g/mol. The summed E-state index contributed by atoms with van der Waals surface area (Å²) in [5.74, 6) is -1.01. The molecule has 1 aromatic rings. The molecule has 0 radical (unpaired) electrons. The summed E-state index contributed by atoms with van der Waals surface area (Å²) in [7, 11) is 0. The first-order valence-corrected chi connectivity index (χ1v) is 6.74. The Balaban J connectivity index is 2.29. The Kier molecular flexibility index (Phi) is 3.94. The Morgan fingerprint density at radius 2 is 2.06 bits per heavy atom. The maximum Gasteiger partial charge on any atom is 0.337 e. The SMILES string of the molecule is O=C(O)c1cc(Br)cc(NC2CCCC2)c1Cl. The number of anilines is 1. The second-order valence-electron chi connectivity index (χ2n) is 4.25. The summed E-state index contributed by atoms with van der Waals surface area (Å²) in [4.78, 5) is 11.0. The minimum atomic E-state index is -1.01. The highest BCUT2D eigenvalue weighted by Gasteiger charge is 2.19. The molecule has 0 atom stereocenters. The van der Waals surface area contributed by atoms with Gasteiger partial charge in [0, 0.05) is 10.5 Å². The summed E-state index contributed by atoms with van der Waals surface area (Å²) >= 11 is 9.39. The molecule has 0 amide bonds. The topological polar surface area (TPSA) is 49.3 Å². The largest absolute Gasteiger partial charge is 0.478 e. The van der Waals surface area contributed by atoms with Crippen molar-refractivity contribution in [1.29, 1.82) is 0 Å². The minimum Gasteiger partial charge on any atom is -0.478 e. The molecule has 1 aliphatic rings. The van der Waals surface area contributed by atoms with E-state index < -0.39 is 5.97 Å². The number of halogens is 2. The van der Waals surface area contributed by atoms with Gasteiger partial charge in [0.15, 0.2) is 0 Å². The fourth-order valence-electron chi connectivity index (χ4n) is 2.14. The molecule has 0 spiro atoms. The summed E-state index contributed by atoms with van der Waals surface area (Å²) in [6, 6.07) is 3.75. The van der Waals surface area contributed by atoms with Crippen LogP contribution in [0, 0.1) is 0 Å². The number of carboxylic acids is 1.